The molecule has 0 radical (unpaired) electrons. The van der Waals surface area contributed by atoms with Crippen LogP contribution in [0.3, 0.4) is 0 Å². The maximum absolute atomic E-state index is 13.0. The highest BCUT2D eigenvalue weighted by molar-refractivity contribution is 6.31. The molecule has 0 aromatic heterocycles. The normalized spacial score (nSPS) is 39.4. The number of esters is 1. The first-order chi connectivity index (χ1) is 19.7. The first-order valence-electron chi connectivity index (χ1n) is 15.8. The van der Waals surface area contributed by atoms with Gasteiger partial charge >= 0.3 is 5.97 Å². The zero-order valence-corrected chi connectivity index (χ0v) is 27.2. The Hall–Kier alpha value is -1.26. The molecule has 11 atom stereocenters. The number of fused-ring (bicyclic) bond motifs is 2. The average molecular weight is 610 g/mol. The van der Waals surface area contributed by atoms with Gasteiger partial charge in [0.15, 0.2) is 6.29 Å². The number of nitrogens with zero attached hydrogens (tertiary/aromatic N) is 1. The fraction of sp³-hybridized carbons (Fsp3) is 0.788. The molecule has 0 spiro atoms. The standard InChI is InChI=1S/C33H52ClNO7/c1-8-15-32(5,38)27-17-26-21(3)18-33(6,42-26)30(20(2)13-14-28(36)40-27)41-31-29(37)25(16-22(4)39-31)35(7)19-23-11-9-10-12-24(23)34/h9-12,20-22,25-27,29-31,37-38H,8,13-19H2,1-7H3/t20-,21?,22?,25?,26?,27+,29?,30-,31-,32?,33+/m0/s1. The first-order valence-corrected chi connectivity index (χ1v) is 16.1. The SMILES string of the molecule is CCCC(C)(O)[C@H]1CC2O[C@](C)(CC2C)[C@@H](O[C@@H]2OC(C)CC(N(C)Cc3ccccc3Cl)C2O)[C@@H](C)CCC(=O)O1. The highest BCUT2D eigenvalue weighted by Crippen LogP contribution is 2.45. The van der Waals surface area contributed by atoms with Gasteiger partial charge in [0.1, 0.15) is 12.2 Å². The van der Waals surface area contributed by atoms with E-state index in [2.05, 4.69) is 25.7 Å². The van der Waals surface area contributed by atoms with Gasteiger partial charge in [0.25, 0.3) is 0 Å². The molecule has 3 saturated heterocycles. The number of hydrogen-bond donors (Lipinski definition) is 2. The van der Waals surface area contributed by atoms with E-state index in [1.165, 1.54) is 0 Å². The number of cyclic esters (lactones) is 1. The maximum atomic E-state index is 13.0. The van der Waals surface area contributed by atoms with E-state index in [1.54, 1.807) is 6.92 Å². The van der Waals surface area contributed by atoms with Crippen molar-refractivity contribution in [2.24, 2.45) is 11.8 Å². The van der Waals surface area contributed by atoms with Crippen LogP contribution in [0.15, 0.2) is 24.3 Å². The Morgan fingerprint density at radius 2 is 1.90 bits per heavy atom. The summed E-state index contributed by atoms with van der Waals surface area (Å²) < 4.78 is 25.7. The minimum Gasteiger partial charge on any atom is -0.459 e. The monoisotopic (exact) mass is 609 g/mol. The van der Waals surface area contributed by atoms with Gasteiger partial charge in [-0.05, 0) is 77.0 Å². The van der Waals surface area contributed by atoms with Crippen molar-refractivity contribution >= 4 is 17.6 Å². The second-order valence-corrected chi connectivity index (χ2v) is 14.1. The Balaban J connectivity index is 1.55. The number of hydrogen-bond acceptors (Lipinski definition) is 8. The van der Waals surface area contributed by atoms with Crippen LogP contribution in [0.2, 0.25) is 5.02 Å². The Bertz CT molecular complexity index is 1050. The van der Waals surface area contributed by atoms with Crippen molar-refractivity contribution < 1.29 is 34.0 Å². The molecule has 0 saturated carbocycles. The van der Waals surface area contributed by atoms with Gasteiger partial charge in [-0.3, -0.25) is 9.69 Å². The fourth-order valence-electron chi connectivity index (χ4n) is 7.38. The van der Waals surface area contributed by atoms with Crippen molar-refractivity contribution in [3.05, 3.63) is 34.9 Å². The van der Waals surface area contributed by atoms with Crippen LogP contribution >= 0.6 is 11.6 Å². The van der Waals surface area contributed by atoms with Crippen molar-refractivity contribution in [3.63, 3.8) is 0 Å². The van der Waals surface area contributed by atoms with E-state index in [4.69, 9.17) is 30.5 Å². The fourth-order valence-corrected chi connectivity index (χ4v) is 7.58. The third-order valence-electron chi connectivity index (χ3n) is 9.71. The number of ether oxygens (including phenoxy) is 4. The Labute approximate surface area is 257 Å². The summed E-state index contributed by atoms with van der Waals surface area (Å²) in [7, 11) is 1.99. The van der Waals surface area contributed by atoms with Crippen molar-refractivity contribution in [2.75, 3.05) is 7.05 Å². The number of halogens is 1. The molecule has 3 fully saturated rings. The van der Waals surface area contributed by atoms with Crippen LogP contribution in [0, 0.1) is 11.8 Å². The zero-order valence-electron chi connectivity index (χ0n) is 26.4. The Morgan fingerprint density at radius 3 is 2.60 bits per heavy atom. The lowest BCUT2D eigenvalue weighted by molar-refractivity contribution is -0.297. The highest BCUT2D eigenvalue weighted by atomic mass is 35.5. The molecule has 42 heavy (non-hydrogen) atoms. The van der Waals surface area contributed by atoms with E-state index in [-0.39, 0.29) is 42.5 Å². The molecule has 1 aromatic carbocycles. The summed E-state index contributed by atoms with van der Waals surface area (Å²) in [5.74, 6) is -0.230. The maximum Gasteiger partial charge on any atom is 0.306 e. The van der Waals surface area contributed by atoms with Gasteiger partial charge in [0.05, 0.1) is 29.5 Å². The van der Waals surface area contributed by atoms with Crippen LogP contribution < -0.4 is 0 Å². The number of benzene rings is 1. The number of aliphatic hydroxyl groups is 2. The summed E-state index contributed by atoms with van der Waals surface area (Å²) in [5, 5.41) is 23.5. The summed E-state index contributed by atoms with van der Waals surface area (Å²) in [4.78, 5) is 15.1. The molecule has 0 aliphatic carbocycles. The van der Waals surface area contributed by atoms with Crippen LogP contribution in [0.5, 0.6) is 0 Å². The van der Waals surface area contributed by atoms with Crippen LogP contribution in [0.1, 0.15) is 92.1 Å². The molecule has 8 nitrogen and oxygen atoms in total. The summed E-state index contributed by atoms with van der Waals surface area (Å²) in [6, 6.07) is 7.55. The van der Waals surface area contributed by atoms with Gasteiger partial charge in [-0.2, -0.15) is 0 Å². The second kappa shape index (κ2) is 13.8. The van der Waals surface area contributed by atoms with Crippen LogP contribution in [-0.4, -0.2) is 82.2 Å². The smallest absolute Gasteiger partial charge is 0.306 e. The third-order valence-corrected chi connectivity index (χ3v) is 10.1. The van der Waals surface area contributed by atoms with Crippen LogP contribution in [-0.2, 0) is 30.3 Å². The Kier molecular flexibility index (Phi) is 11.0. The molecule has 6 unspecified atom stereocenters. The van der Waals surface area contributed by atoms with Gasteiger partial charge in [0.2, 0.25) is 0 Å². The molecule has 0 amide bonds. The molecule has 3 aliphatic heterocycles. The van der Waals surface area contributed by atoms with E-state index >= 15 is 0 Å². The van der Waals surface area contributed by atoms with Crippen molar-refractivity contribution in [2.45, 2.75) is 147 Å². The van der Waals surface area contributed by atoms with E-state index in [9.17, 15) is 15.0 Å². The molecule has 3 heterocycles. The number of aliphatic hydroxyl groups excluding tert-OH is 1. The number of rotatable bonds is 8. The largest absolute Gasteiger partial charge is 0.459 e. The van der Waals surface area contributed by atoms with E-state index in [0.717, 1.165) is 18.4 Å². The van der Waals surface area contributed by atoms with Gasteiger partial charge in [-0.15, -0.1) is 0 Å². The van der Waals surface area contributed by atoms with Crippen molar-refractivity contribution in [1.82, 2.24) is 4.90 Å². The zero-order chi connectivity index (χ0) is 30.8. The lowest BCUT2D eigenvalue weighted by atomic mass is 9.81. The summed E-state index contributed by atoms with van der Waals surface area (Å²) >= 11 is 6.43. The topological polar surface area (TPSA) is 97.7 Å². The van der Waals surface area contributed by atoms with Crippen LogP contribution in [0.25, 0.3) is 0 Å². The molecule has 2 N–H and O–H groups in total. The number of likely N-dealkylation sites (N-methyl/N-ethyl adjacent to an activating group) is 1. The summed E-state index contributed by atoms with van der Waals surface area (Å²) in [6.07, 6.45) is 0.714. The second-order valence-electron chi connectivity index (χ2n) is 13.7. The van der Waals surface area contributed by atoms with Gasteiger partial charge in [-0.1, -0.05) is 57.0 Å². The predicted octanol–water partition coefficient (Wildman–Crippen LogP) is 5.49. The molecule has 3 aliphatic rings. The molecular formula is C33H52ClNO7. The summed E-state index contributed by atoms with van der Waals surface area (Å²) in [6.45, 7) is 12.6. The summed E-state index contributed by atoms with van der Waals surface area (Å²) in [5.41, 5.74) is -0.804. The van der Waals surface area contributed by atoms with E-state index in [1.807, 2.05) is 45.2 Å². The number of carbonyl (C=O) groups excluding carboxylic acids is 1. The average Bonchev–Trinajstić information content (AvgIpc) is 3.20. The molecular weight excluding hydrogens is 558 g/mol. The number of carbonyl (C=O) groups is 1. The Morgan fingerprint density at radius 1 is 1.19 bits per heavy atom. The predicted molar refractivity (Wildman–Crippen MR) is 162 cm³/mol. The van der Waals surface area contributed by atoms with Crippen molar-refractivity contribution in [1.29, 1.82) is 0 Å². The lowest BCUT2D eigenvalue weighted by Gasteiger charge is -2.46. The third kappa shape index (κ3) is 7.68. The van der Waals surface area contributed by atoms with E-state index in [0.29, 0.717) is 37.3 Å². The molecule has 4 rings (SSSR count). The molecule has 1 aromatic rings. The molecule has 2 bridgehead atoms. The minimum absolute atomic E-state index is 0.0754. The molecule has 9 heteroatoms. The van der Waals surface area contributed by atoms with E-state index < -0.39 is 35.8 Å². The van der Waals surface area contributed by atoms with Gasteiger partial charge < -0.3 is 29.2 Å². The minimum atomic E-state index is -1.14. The van der Waals surface area contributed by atoms with Gasteiger partial charge in [0, 0.05) is 30.5 Å². The molecule has 238 valence electrons. The lowest BCUT2D eigenvalue weighted by Crippen LogP contribution is -2.58. The van der Waals surface area contributed by atoms with Gasteiger partial charge in [-0.25, -0.2) is 0 Å². The first kappa shape index (κ1) is 33.6. The highest BCUT2D eigenvalue weighted by Gasteiger charge is 2.53. The quantitative estimate of drug-likeness (QED) is 0.374. The van der Waals surface area contributed by atoms with Crippen molar-refractivity contribution in [3.8, 4) is 0 Å². The van der Waals surface area contributed by atoms with Crippen LogP contribution in [0.4, 0.5) is 0 Å².